The Balaban J connectivity index is 2.12. The lowest BCUT2D eigenvalue weighted by atomic mass is 9.75. The quantitative estimate of drug-likeness (QED) is 0.857. The minimum atomic E-state index is -0.284. The summed E-state index contributed by atoms with van der Waals surface area (Å²) in [5.41, 5.74) is 4.29. The molecular formula is C17H27NO. The van der Waals surface area contributed by atoms with Gasteiger partial charge in [0.15, 0.2) is 0 Å². The van der Waals surface area contributed by atoms with E-state index in [0.717, 1.165) is 18.8 Å². The molecule has 19 heavy (non-hydrogen) atoms. The molecule has 0 radical (unpaired) electrons. The van der Waals surface area contributed by atoms with Crippen LogP contribution in [0, 0.1) is 18.3 Å². The molecule has 1 unspecified atom stereocenters. The van der Waals surface area contributed by atoms with E-state index in [-0.39, 0.29) is 17.1 Å². The van der Waals surface area contributed by atoms with Crippen molar-refractivity contribution in [1.82, 2.24) is 4.57 Å². The van der Waals surface area contributed by atoms with Crippen LogP contribution in [0.25, 0.3) is 0 Å². The first kappa shape index (κ1) is 13.2. The first-order valence-corrected chi connectivity index (χ1v) is 7.62. The van der Waals surface area contributed by atoms with E-state index < -0.39 is 0 Å². The number of aliphatic hydroxyl groups is 1. The third kappa shape index (κ3) is 2.05. The zero-order valence-corrected chi connectivity index (χ0v) is 13.0. The monoisotopic (exact) mass is 261 g/mol. The van der Waals surface area contributed by atoms with Gasteiger partial charge in [0, 0.05) is 22.5 Å². The van der Waals surface area contributed by atoms with Crippen LogP contribution in [0.1, 0.15) is 70.0 Å². The van der Waals surface area contributed by atoms with Gasteiger partial charge in [0.2, 0.25) is 0 Å². The molecule has 0 amide bonds. The average Bonchev–Trinajstić information content (AvgIpc) is 3.02. The van der Waals surface area contributed by atoms with Crippen molar-refractivity contribution in [2.24, 2.45) is 11.3 Å². The fraction of sp³-hybridized carbons (Fsp3) is 0.765. The topological polar surface area (TPSA) is 25.2 Å². The number of aliphatic hydroxyl groups excluding tert-OH is 1. The molecule has 0 aromatic carbocycles. The summed E-state index contributed by atoms with van der Waals surface area (Å²) in [6.07, 6.45) is 4.39. The Morgan fingerprint density at radius 2 is 1.95 bits per heavy atom. The Labute approximate surface area is 116 Å². The van der Waals surface area contributed by atoms with Gasteiger partial charge >= 0.3 is 0 Å². The van der Waals surface area contributed by atoms with Crippen LogP contribution in [0.4, 0.5) is 0 Å². The highest BCUT2D eigenvalue weighted by Gasteiger charge is 2.43. The number of fused-ring (bicyclic) bond motifs is 1. The van der Waals surface area contributed by atoms with Crippen molar-refractivity contribution >= 4 is 0 Å². The maximum absolute atomic E-state index is 10.4. The molecule has 0 aliphatic heterocycles. The molecule has 1 aromatic heterocycles. The lowest BCUT2D eigenvalue weighted by molar-refractivity contribution is 0.0957. The van der Waals surface area contributed by atoms with Crippen molar-refractivity contribution in [1.29, 1.82) is 0 Å². The first-order chi connectivity index (χ1) is 8.72. The van der Waals surface area contributed by atoms with E-state index in [4.69, 9.17) is 0 Å². The molecule has 0 saturated heterocycles. The van der Waals surface area contributed by atoms with Gasteiger partial charge < -0.3 is 9.67 Å². The van der Waals surface area contributed by atoms with E-state index in [1.807, 2.05) is 0 Å². The van der Waals surface area contributed by atoms with Crippen molar-refractivity contribution in [3.05, 3.63) is 23.0 Å². The number of rotatable bonds is 2. The second kappa shape index (κ2) is 3.88. The minimum Gasteiger partial charge on any atom is -0.388 e. The molecule has 1 saturated carbocycles. The Morgan fingerprint density at radius 3 is 2.53 bits per heavy atom. The fourth-order valence-electron chi connectivity index (χ4n) is 4.12. The van der Waals surface area contributed by atoms with Gasteiger partial charge in [-0.1, -0.05) is 13.8 Å². The van der Waals surface area contributed by atoms with Crippen LogP contribution in [0.2, 0.25) is 0 Å². The van der Waals surface area contributed by atoms with Crippen LogP contribution in [-0.4, -0.2) is 9.67 Å². The van der Waals surface area contributed by atoms with E-state index in [0.29, 0.717) is 0 Å². The maximum Gasteiger partial charge on any atom is 0.0812 e. The van der Waals surface area contributed by atoms with E-state index in [1.165, 1.54) is 29.8 Å². The molecule has 2 aliphatic carbocycles. The van der Waals surface area contributed by atoms with E-state index in [1.54, 1.807) is 0 Å². The maximum atomic E-state index is 10.4. The largest absolute Gasteiger partial charge is 0.388 e. The predicted molar refractivity (Wildman–Crippen MR) is 78.3 cm³/mol. The predicted octanol–water partition coefficient (Wildman–Crippen LogP) is 3.95. The third-order valence-corrected chi connectivity index (χ3v) is 5.22. The average molecular weight is 261 g/mol. The number of hydrogen-bond donors (Lipinski definition) is 1. The van der Waals surface area contributed by atoms with Crippen molar-refractivity contribution in [2.75, 3.05) is 0 Å². The van der Waals surface area contributed by atoms with Gasteiger partial charge in [-0.2, -0.15) is 0 Å². The third-order valence-electron chi connectivity index (χ3n) is 5.22. The van der Waals surface area contributed by atoms with Crippen LogP contribution in [-0.2, 0) is 12.0 Å². The van der Waals surface area contributed by atoms with Crippen LogP contribution < -0.4 is 0 Å². The first-order valence-electron chi connectivity index (χ1n) is 7.62. The Morgan fingerprint density at radius 1 is 1.32 bits per heavy atom. The molecule has 3 rings (SSSR count). The number of hydrogen-bond acceptors (Lipinski definition) is 1. The Bertz CT molecular complexity index is 506. The second-order valence-corrected chi connectivity index (χ2v) is 8.01. The lowest BCUT2D eigenvalue weighted by Crippen LogP contribution is -2.35. The smallest absolute Gasteiger partial charge is 0.0812 e. The molecule has 2 nitrogen and oxygen atoms in total. The summed E-state index contributed by atoms with van der Waals surface area (Å²) in [6.45, 7) is 11.5. The fourth-order valence-corrected chi connectivity index (χ4v) is 4.12. The van der Waals surface area contributed by atoms with Gasteiger partial charge in [-0.25, -0.2) is 0 Å². The van der Waals surface area contributed by atoms with Gasteiger partial charge in [0.1, 0.15) is 0 Å². The SMILES string of the molecule is Cc1cc2c(n1C(C)(C)C1CC1)CC(C)(C)CC2O. The Hall–Kier alpha value is -0.760. The van der Waals surface area contributed by atoms with E-state index in [2.05, 4.69) is 45.3 Å². The standard InChI is InChI=1S/C17H27NO/c1-11-8-13-14(9-16(2,3)10-15(13)19)18(11)17(4,5)12-6-7-12/h8,12,15,19H,6-7,9-10H2,1-5H3. The molecule has 2 aliphatic rings. The van der Waals surface area contributed by atoms with Crippen molar-refractivity contribution in [3.8, 4) is 0 Å². The molecule has 1 fully saturated rings. The molecule has 0 spiro atoms. The molecular weight excluding hydrogens is 234 g/mol. The van der Waals surface area contributed by atoms with Crippen LogP contribution in [0.5, 0.6) is 0 Å². The highest BCUT2D eigenvalue weighted by Crippen LogP contribution is 2.49. The van der Waals surface area contributed by atoms with Crippen LogP contribution in [0.3, 0.4) is 0 Å². The van der Waals surface area contributed by atoms with Crippen molar-refractivity contribution in [2.45, 2.75) is 71.9 Å². The molecule has 106 valence electrons. The highest BCUT2D eigenvalue weighted by atomic mass is 16.3. The summed E-state index contributed by atoms with van der Waals surface area (Å²) in [5.74, 6) is 0.810. The molecule has 1 N–H and O–H groups in total. The van der Waals surface area contributed by atoms with E-state index in [9.17, 15) is 5.11 Å². The van der Waals surface area contributed by atoms with Crippen molar-refractivity contribution in [3.63, 3.8) is 0 Å². The number of aryl methyl sites for hydroxylation is 1. The normalized spacial score (nSPS) is 26.3. The van der Waals surface area contributed by atoms with Crippen LogP contribution in [0.15, 0.2) is 6.07 Å². The molecule has 2 heteroatoms. The van der Waals surface area contributed by atoms with Gasteiger partial charge in [-0.15, -0.1) is 0 Å². The van der Waals surface area contributed by atoms with Gasteiger partial charge in [0.25, 0.3) is 0 Å². The number of nitrogens with zero attached hydrogens (tertiary/aromatic N) is 1. The summed E-state index contributed by atoms with van der Waals surface area (Å²) in [5, 5.41) is 10.4. The van der Waals surface area contributed by atoms with Gasteiger partial charge in [0.05, 0.1) is 6.10 Å². The molecule has 1 aromatic rings. The minimum absolute atomic E-state index is 0.199. The summed E-state index contributed by atoms with van der Waals surface area (Å²) < 4.78 is 2.53. The van der Waals surface area contributed by atoms with Gasteiger partial charge in [-0.05, 0) is 63.9 Å². The summed E-state index contributed by atoms with van der Waals surface area (Å²) in [4.78, 5) is 0. The lowest BCUT2D eigenvalue weighted by Gasteiger charge is -2.38. The highest BCUT2D eigenvalue weighted by molar-refractivity contribution is 5.35. The zero-order valence-electron chi connectivity index (χ0n) is 13.0. The van der Waals surface area contributed by atoms with Gasteiger partial charge in [-0.3, -0.25) is 0 Å². The molecule has 1 atom stereocenters. The van der Waals surface area contributed by atoms with Crippen molar-refractivity contribution < 1.29 is 5.11 Å². The summed E-state index contributed by atoms with van der Waals surface area (Å²) in [7, 11) is 0. The summed E-state index contributed by atoms with van der Waals surface area (Å²) >= 11 is 0. The van der Waals surface area contributed by atoms with E-state index >= 15 is 0 Å². The molecule has 0 bridgehead atoms. The zero-order chi connectivity index (χ0) is 14.0. The molecule has 1 heterocycles. The Kier molecular flexibility index (Phi) is 2.70. The summed E-state index contributed by atoms with van der Waals surface area (Å²) in [6, 6.07) is 2.22. The second-order valence-electron chi connectivity index (χ2n) is 8.01. The number of aromatic nitrogens is 1. The van der Waals surface area contributed by atoms with Crippen LogP contribution >= 0.6 is 0 Å².